The van der Waals surface area contributed by atoms with Gasteiger partial charge < -0.3 is 16.0 Å². The summed E-state index contributed by atoms with van der Waals surface area (Å²) in [6.45, 7) is 3.14. The number of nitrogens with two attached hydrogens (primary N) is 1. The fourth-order valence-corrected chi connectivity index (χ4v) is 1.59. The smallest absolute Gasteiger partial charge is 0.273 e. The second-order valence-corrected chi connectivity index (χ2v) is 3.87. The molecule has 0 unspecified atom stereocenters. The summed E-state index contributed by atoms with van der Waals surface area (Å²) in [5.74, 6) is -0.251. The fraction of sp³-hybridized carbons (Fsp3) is 0.364. The molecule has 1 amide bonds. The van der Waals surface area contributed by atoms with Crippen molar-refractivity contribution in [2.24, 2.45) is 0 Å². The largest absolute Gasteiger partial charge is 0.396 e. The molecule has 2 rings (SSSR count). The number of aryl methyl sites for hydroxylation is 1. The van der Waals surface area contributed by atoms with Gasteiger partial charge in [-0.15, -0.1) is 0 Å². The van der Waals surface area contributed by atoms with Crippen molar-refractivity contribution in [3.05, 3.63) is 30.1 Å². The zero-order valence-electron chi connectivity index (χ0n) is 10.2. The van der Waals surface area contributed by atoms with Crippen molar-refractivity contribution in [2.45, 2.75) is 19.9 Å². The van der Waals surface area contributed by atoms with Crippen LogP contribution < -0.4 is 11.1 Å². The van der Waals surface area contributed by atoms with Crippen molar-refractivity contribution >= 4 is 11.6 Å². The molecular weight excluding hydrogens is 232 g/mol. The molecule has 7 heteroatoms. The number of nitrogen functional groups attached to an aromatic ring is 1. The van der Waals surface area contributed by atoms with Crippen LogP contribution in [0.3, 0.4) is 0 Å². The fourth-order valence-electron chi connectivity index (χ4n) is 1.59. The molecule has 0 bridgehead atoms. The lowest BCUT2D eigenvalue weighted by molar-refractivity contribution is 0.0949. The quantitative estimate of drug-likeness (QED) is 0.702. The minimum absolute atomic E-state index is 0.251. The van der Waals surface area contributed by atoms with Crippen LogP contribution in [0.15, 0.2) is 18.7 Å². The Morgan fingerprint density at radius 2 is 2.44 bits per heavy atom. The molecule has 0 aliphatic heterocycles. The van der Waals surface area contributed by atoms with Gasteiger partial charge >= 0.3 is 0 Å². The first-order chi connectivity index (χ1) is 8.70. The number of aromatic nitrogens is 4. The average molecular weight is 248 g/mol. The van der Waals surface area contributed by atoms with Gasteiger partial charge in [0.2, 0.25) is 0 Å². The van der Waals surface area contributed by atoms with E-state index >= 15 is 0 Å². The van der Waals surface area contributed by atoms with E-state index in [1.165, 1.54) is 0 Å². The van der Waals surface area contributed by atoms with E-state index < -0.39 is 0 Å². The maximum atomic E-state index is 11.8. The van der Waals surface area contributed by atoms with Crippen molar-refractivity contribution in [3.8, 4) is 0 Å². The number of nitrogens with one attached hydrogen (secondary N) is 2. The average Bonchev–Trinajstić information content (AvgIpc) is 2.98. The topological polar surface area (TPSA) is 102 Å². The molecule has 7 nitrogen and oxygen atoms in total. The predicted octanol–water partition coefficient (Wildman–Crippen LogP) is 0.181. The molecule has 0 fully saturated rings. The van der Waals surface area contributed by atoms with Gasteiger partial charge in [-0.3, -0.25) is 9.48 Å². The van der Waals surface area contributed by atoms with E-state index in [4.69, 9.17) is 5.73 Å². The molecule has 0 aromatic carbocycles. The Bertz CT molecular complexity index is 516. The highest BCUT2D eigenvalue weighted by Gasteiger charge is 2.13. The molecular formula is C11H16N6O. The number of hydrogen-bond acceptors (Lipinski definition) is 4. The molecule has 2 heterocycles. The highest BCUT2D eigenvalue weighted by Crippen LogP contribution is 2.08. The summed E-state index contributed by atoms with van der Waals surface area (Å²) in [7, 11) is 0. The van der Waals surface area contributed by atoms with Gasteiger partial charge in [0, 0.05) is 37.6 Å². The van der Waals surface area contributed by atoms with E-state index in [0.29, 0.717) is 25.2 Å². The van der Waals surface area contributed by atoms with Crippen LogP contribution in [0.5, 0.6) is 0 Å². The summed E-state index contributed by atoms with van der Waals surface area (Å²) in [5.41, 5.74) is 7.38. The normalized spacial score (nSPS) is 10.5. The zero-order chi connectivity index (χ0) is 13.0. The number of amides is 1. The lowest BCUT2D eigenvalue weighted by Crippen LogP contribution is -2.27. The van der Waals surface area contributed by atoms with E-state index in [-0.39, 0.29) is 11.6 Å². The summed E-state index contributed by atoms with van der Waals surface area (Å²) in [5, 5.41) is 6.88. The number of rotatable bonds is 5. The number of carbonyl (C=O) groups excluding carboxylic acids is 1. The number of anilines is 1. The summed E-state index contributed by atoms with van der Waals surface area (Å²) in [6.07, 6.45) is 5.69. The molecule has 0 saturated heterocycles. The first-order valence-electron chi connectivity index (χ1n) is 5.79. The van der Waals surface area contributed by atoms with E-state index in [9.17, 15) is 4.79 Å². The van der Waals surface area contributed by atoms with Crippen molar-refractivity contribution < 1.29 is 4.79 Å². The standard InChI is InChI=1S/C11H16N6O/c1-2-17-6-9(12)10(16-17)11(18)14-4-3-8-5-13-7-15-8/h5-7H,2-4,12H2,1H3,(H,13,15)(H,14,18). The minimum atomic E-state index is -0.251. The molecule has 96 valence electrons. The van der Waals surface area contributed by atoms with E-state index in [0.717, 1.165) is 5.69 Å². The maximum absolute atomic E-state index is 11.8. The van der Waals surface area contributed by atoms with Gasteiger partial charge in [0.15, 0.2) is 5.69 Å². The monoisotopic (exact) mass is 248 g/mol. The summed E-state index contributed by atoms with van der Waals surface area (Å²) >= 11 is 0. The van der Waals surface area contributed by atoms with E-state index in [2.05, 4.69) is 20.4 Å². The highest BCUT2D eigenvalue weighted by atomic mass is 16.1. The number of aromatic amines is 1. The van der Waals surface area contributed by atoms with Crippen molar-refractivity contribution in [3.63, 3.8) is 0 Å². The molecule has 2 aromatic heterocycles. The van der Waals surface area contributed by atoms with Gasteiger partial charge in [0.1, 0.15) is 0 Å². The Balaban J connectivity index is 1.89. The van der Waals surface area contributed by atoms with Gasteiger partial charge in [-0.1, -0.05) is 0 Å². The molecule has 0 spiro atoms. The minimum Gasteiger partial charge on any atom is -0.396 e. The van der Waals surface area contributed by atoms with Crippen LogP contribution in [0.2, 0.25) is 0 Å². The molecule has 0 radical (unpaired) electrons. The SMILES string of the molecule is CCn1cc(N)c(C(=O)NCCc2cnc[nH]2)n1. The molecule has 18 heavy (non-hydrogen) atoms. The first-order valence-corrected chi connectivity index (χ1v) is 5.79. The third-order valence-electron chi connectivity index (χ3n) is 2.56. The Kier molecular flexibility index (Phi) is 3.61. The Labute approximate surface area is 104 Å². The van der Waals surface area contributed by atoms with Gasteiger partial charge in [-0.2, -0.15) is 5.10 Å². The van der Waals surface area contributed by atoms with Gasteiger partial charge in [-0.25, -0.2) is 4.98 Å². The summed E-state index contributed by atoms with van der Waals surface area (Å²) in [4.78, 5) is 18.7. The predicted molar refractivity (Wildman–Crippen MR) is 66.9 cm³/mol. The van der Waals surface area contributed by atoms with Crippen LogP contribution in [-0.4, -0.2) is 32.2 Å². The van der Waals surface area contributed by atoms with Crippen molar-refractivity contribution in [1.29, 1.82) is 0 Å². The van der Waals surface area contributed by atoms with Crippen LogP contribution in [0, 0.1) is 0 Å². The first kappa shape index (κ1) is 12.2. The Morgan fingerprint density at radius 3 is 3.06 bits per heavy atom. The lowest BCUT2D eigenvalue weighted by Gasteiger charge is -2.02. The second-order valence-electron chi connectivity index (χ2n) is 3.87. The molecule has 0 atom stereocenters. The molecule has 0 aliphatic rings. The molecule has 2 aromatic rings. The number of imidazole rings is 1. The van der Waals surface area contributed by atoms with Gasteiger partial charge in [0.25, 0.3) is 5.91 Å². The third-order valence-corrected chi connectivity index (χ3v) is 2.56. The third kappa shape index (κ3) is 2.68. The van der Waals surface area contributed by atoms with E-state index in [1.807, 2.05) is 6.92 Å². The second kappa shape index (κ2) is 5.35. The Hall–Kier alpha value is -2.31. The number of carbonyl (C=O) groups is 1. The number of hydrogen-bond donors (Lipinski definition) is 3. The van der Waals surface area contributed by atoms with E-state index in [1.54, 1.807) is 23.4 Å². The van der Waals surface area contributed by atoms with Crippen LogP contribution in [0.4, 0.5) is 5.69 Å². The van der Waals surface area contributed by atoms with Crippen LogP contribution in [0.1, 0.15) is 23.1 Å². The number of nitrogens with zero attached hydrogens (tertiary/aromatic N) is 3. The Morgan fingerprint density at radius 1 is 1.61 bits per heavy atom. The van der Waals surface area contributed by atoms with Gasteiger partial charge in [-0.05, 0) is 6.92 Å². The van der Waals surface area contributed by atoms with Crippen LogP contribution in [0.25, 0.3) is 0 Å². The van der Waals surface area contributed by atoms with Crippen LogP contribution >= 0.6 is 0 Å². The molecule has 0 saturated carbocycles. The number of H-pyrrole nitrogens is 1. The van der Waals surface area contributed by atoms with Gasteiger partial charge in [0.05, 0.1) is 12.0 Å². The maximum Gasteiger partial charge on any atom is 0.273 e. The van der Waals surface area contributed by atoms with Crippen LogP contribution in [-0.2, 0) is 13.0 Å². The zero-order valence-corrected chi connectivity index (χ0v) is 10.2. The van der Waals surface area contributed by atoms with Crippen molar-refractivity contribution in [2.75, 3.05) is 12.3 Å². The lowest BCUT2D eigenvalue weighted by atomic mass is 10.3. The molecule has 0 aliphatic carbocycles. The van der Waals surface area contributed by atoms with Crippen molar-refractivity contribution in [1.82, 2.24) is 25.1 Å². The molecule has 4 N–H and O–H groups in total. The summed E-state index contributed by atoms with van der Waals surface area (Å²) < 4.78 is 1.64. The summed E-state index contributed by atoms with van der Waals surface area (Å²) in [6, 6.07) is 0. The highest BCUT2D eigenvalue weighted by molar-refractivity contribution is 5.96.